The van der Waals surface area contributed by atoms with E-state index in [4.69, 9.17) is 5.11 Å². The number of rotatable bonds is 15. The first-order chi connectivity index (χ1) is 9.27. The molecule has 0 unspecified atom stereocenters. The molecule has 3 N–H and O–H groups in total. The Kier molecular flexibility index (Phi) is 20.0. The number of aliphatic carboxylic acids is 1. The van der Waals surface area contributed by atoms with Crippen LogP contribution in [0.15, 0.2) is 0 Å². The molecule has 0 aliphatic rings. The topological polar surface area (TPSA) is 68.8 Å². The van der Waals surface area contributed by atoms with Crippen LogP contribution in [-0.4, -0.2) is 16.6 Å². The molecule has 0 spiro atoms. The van der Waals surface area contributed by atoms with Gasteiger partial charge in [0, 0.05) is 6.42 Å². The van der Waals surface area contributed by atoms with E-state index >= 15 is 0 Å². The zero-order valence-electron chi connectivity index (χ0n) is 13.5. The van der Waals surface area contributed by atoms with Gasteiger partial charge in [-0.05, 0) is 6.42 Å². The predicted molar refractivity (Wildman–Crippen MR) is 86.2 cm³/mol. The quantitative estimate of drug-likeness (QED) is 0.425. The lowest BCUT2D eigenvalue weighted by molar-refractivity contribution is -0.137. The van der Waals surface area contributed by atoms with Crippen LogP contribution in [-0.2, 0) is 4.79 Å². The third-order valence-electron chi connectivity index (χ3n) is 3.74. The Balaban J connectivity index is 0. The summed E-state index contributed by atoms with van der Waals surface area (Å²) in [5.41, 5.74) is 0. The molecule has 0 aliphatic carbocycles. The normalized spacial score (nSPS) is 10.2. The molecule has 0 aromatic carbocycles. The Hall–Kier alpha value is -0.570. The summed E-state index contributed by atoms with van der Waals surface area (Å²) >= 11 is 0. The molecule has 0 bridgehead atoms. The molecule has 122 valence electrons. The number of hydrogen-bond donors (Lipinski definition) is 1. The van der Waals surface area contributed by atoms with E-state index in [1.807, 2.05) is 0 Å². The van der Waals surface area contributed by atoms with Gasteiger partial charge in [0.25, 0.3) is 0 Å². The predicted octanol–water partition coefficient (Wildman–Crippen LogP) is 5.12. The van der Waals surface area contributed by atoms with Crippen molar-refractivity contribution in [2.45, 2.75) is 103 Å². The fourth-order valence-electron chi connectivity index (χ4n) is 2.47. The molecular weight excluding hydrogens is 252 g/mol. The first kappa shape index (κ1) is 21.7. The molecule has 0 amide bonds. The summed E-state index contributed by atoms with van der Waals surface area (Å²) in [6.07, 6.45) is 18.7. The highest BCUT2D eigenvalue weighted by atomic mass is 16.4. The van der Waals surface area contributed by atoms with Gasteiger partial charge in [0.15, 0.2) is 0 Å². The molecule has 0 rings (SSSR count). The lowest BCUT2D eigenvalue weighted by Gasteiger charge is -2.02. The smallest absolute Gasteiger partial charge is 0.303 e. The Morgan fingerprint density at radius 1 is 0.650 bits per heavy atom. The van der Waals surface area contributed by atoms with E-state index < -0.39 is 5.97 Å². The summed E-state index contributed by atoms with van der Waals surface area (Å²) in [6, 6.07) is 0. The van der Waals surface area contributed by atoms with Gasteiger partial charge in [0.2, 0.25) is 0 Å². The lowest BCUT2D eigenvalue weighted by Crippen LogP contribution is -1.93. The second-order valence-electron chi connectivity index (χ2n) is 5.74. The molecule has 3 heteroatoms. The van der Waals surface area contributed by atoms with E-state index in [-0.39, 0.29) is 5.48 Å². The number of carboxylic acids is 1. The van der Waals surface area contributed by atoms with Crippen LogP contribution >= 0.6 is 0 Å². The summed E-state index contributed by atoms with van der Waals surface area (Å²) in [4.78, 5) is 10.3. The van der Waals surface area contributed by atoms with Gasteiger partial charge in [-0.3, -0.25) is 4.79 Å². The van der Waals surface area contributed by atoms with Gasteiger partial charge in [-0.1, -0.05) is 90.4 Å². The molecule has 0 radical (unpaired) electrons. The summed E-state index contributed by atoms with van der Waals surface area (Å²) in [7, 11) is 0. The standard InChI is InChI=1S/C17H34O2.H2O/c1-2-3-4-5-6-7-8-9-10-11-12-13-14-15-16-17(18)19;/h2-16H2,1H3,(H,18,19);1H2. The van der Waals surface area contributed by atoms with Crippen LogP contribution in [0.4, 0.5) is 0 Å². The zero-order valence-corrected chi connectivity index (χ0v) is 13.5. The summed E-state index contributed by atoms with van der Waals surface area (Å²) in [6.45, 7) is 2.27. The maximum Gasteiger partial charge on any atom is 0.303 e. The monoisotopic (exact) mass is 288 g/mol. The van der Waals surface area contributed by atoms with E-state index in [0.29, 0.717) is 6.42 Å². The molecule has 0 saturated heterocycles. The van der Waals surface area contributed by atoms with E-state index in [1.165, 1.54) is 77.0 Å². The molecule has 20 heavy (non-hydrogen) atoms. The minimum Gasteiger partial charge on any atom is -0.481 e. The van der Waals surface area contributed by atoms with Crippen molar-refractivity contribution in [3.63, 3.8) is 0 Å². The van der Waals surface area contributed by atoms with E-state index in [0.717, 1.165) is 12.8 Å². The Labute approximate surface area is 125 Å². The van der Waals surface area contributed by atoms with Crippen LogP contribution < -0.4 is 0 Å². The number of unbranched alkanes of at least 4 members (excludes halogenated alkanes) is 13. The number of carboxylic acid groups (broad SMARTS) is 1. The first-order valence-electron chi connectivity index (χ1n) is 8.49. The van der Waals surface area contributed by atoms with Gasteiger partial charge < -0.3 is 10.6 Å². The minimum absolute atomic E-state index is 0. The molecule has 0 fully saturated rings. The first-order valence-corrected chi connectivity index (χ1v) is 8.49. The third kappa shape index (κ3) is 19.8. The lowest BCUT2D eigenvalue weighted by atomic mass is 10.0. The Morgan fingerprint density at radius 2 is 0.950 bits per heavy atom. The van der Waals surface area contributed by atoms with Gasteiger partial charge in [0.1, 0.15) is 0 Å². The fraction of sp³-hybridized carbons (Fsp3) is 0.941. The van der Waals surface area contributed by atoms with Gasteiger partial charge in [-0.2, -0.15) is 0 Å². The average molecular weight is 288 g/mol. The maximum atomic E-state index is 10.3. The highest BCUT2D eigenvalue weighted by molar-refractivity contribution is 5.66. The van der Waals surface area contributed by atoms with Crippen LogP contribution in [0.2, 0.25) is 0 Å². The fourth-order valence-corrected chi connectivity index (χ4v) is 2.47. The molecule has 0 aromatic rings. The SMILES string of the molecule is CCCCCCCCCCCCCCCCC(=O)O.O. The second-order valence-corrected chi connectivity index (χ2v) is 5.74. The number of hydrogen-bond acceptors (Lipinski definition) is 1. The van der Waals surface area contributed by atoms with Crippen LogP contribution in [0.1, 0.15) is 103 Å². The van der Waals surface area contributed by atoms with Crippen molar-refractivity contribution < 1.29 is 15.4 Å². The molecule has 0 aliphatic heterocycles. The minimum atomic E-state index is -0.654. The van der Waals surface area contributed by atoms with Crippen molar-refractivity contribution in [3.8, 4) is 0 Å². The van der Waals surface area contributed by atoms with Crippen LogP contribution in [0, 0.1) is 0 Å². The van der Waals surface area contributed by atoms with E-state index in [9.17, 15) is 4.79 Å². The van der Waals surface area contributed by atoms with Gasteiger partial charge in [0.05, 0.1) is 0 Å². The highest BCUT2D eigenvalue weighted by Gasteiger charge is 1.96. The van der Waals surface area contributed by atoms with Crippen molar-refractivity contribution in [2.75, 3.05) is 0 Å². The summed E-state index contributed by atoms with van der Waals surface area (Å²) in [5, 5.41) is 8.50. The highest BCUT2D eigenvalue weighted by Crippen LogP contribution is 2.13. The van der Waals surface area contributed by atoms with Crippen molar-refractivity contribution in [1.82, 2.24) is 0 Å². The van der Waals surface area contributed by atoms with Gasteiger partial charge in [-0.25, -0.2) is 0 Å². The molecule has 3 nitrogen and oxygen atoms in total. The van der Waals surface area contributed by atoms with E-state index in [1.54, 1.807) is 0 Å². The van der Waals surface area contributed by atoms with Crippen molar-refractivity contribution in [1.29, 1.82) is 0 Å². The second kappa shape index (κ2) is 18.4. The molecule has 0 heterocycles. The Bertz CT molecular complexity index is 193. The molecule has 0 saturated carbocycles. The van der Waals surface area contributed by atoms with Crippen molar-refractivity contribution in [3.05, 3.63) is 0 Å². The van der Waals surface area contributed by atoms with Crippen molar-refractivity contribution >= 4 is 5.97 Å². The third-order valence-corrected chi connectivity index (χ3v) is 3.74. The van der Waals surface area contributed by atoms with E-state index in [2.05, 4.69) is 6.92 Å². The maximum absolute atomic E-state index is 10.3. The molecule has 0 atom stereocenters. The van der Waals surface area contributed by atoms with Crippen LogP contribution in [0.5, 0.6) is 0 Å². The largest absolute Gasteiger partial charge is 0.481 e. The van der Waals surface area contributed by atoms with Crippen LogP contribution in [0.3, 0.4) is 0 Å². The number of carbonyl (C=O) groups is 1. The van der Waals surface area contributed by atoms with Crippen LogP contribution in [0.25, 0.3) is 0 Å². The average Bonchev–Trinajstić information content (AvgIpc) is 2.39. The zero-order chi connectivity index (χ0) is 14.2. The van der Waals surface area contributed by atoms with Gasteiger partial charge >= 0.3 is 5.97 Å². The van der Waals surface area contributed by atoms with Gasteiger partial charge in [-0.15, -0.1) is 0 Å². The molecular formula is C17H36O3. The van der Waals surface area contributed by atoms with Crippen molar-refractivity contribution in [2.24, 2.45) is 0 Å². The summed E-state index contributed by atoms with van der Waals surface area (Å²) < 4.78 is 0. The molecule has 0 aromatic heterocycles. The summed E-state index contributed by atoms with van der Waals surface area (Å²) in [5.74, 6) is -0.654. The Morgan fingerprint density at radius 3 is 1.25 bits per heavy atom.